The summed E-state index contributed by atoms with van der Waals surface area (Å²) in [4.78, 5) is 28.5. The van der Waals surface area contributed by atoms with Crippen molar-refractivity contribution in [2.45, 2.75) is 26.3 Å². The number of ether oxygens (including phenoxy) is 1. The third kappa shape index (κ3) is 4.05. The van der Waals surface area contributed by atoms with Crippen molar-refractivity contribution in [2.24, 2.45) is 5.92 Å². The van der Waals surface area contributed by atoms with Crippen LogP contribution in [0.5, 0.6) is 0 Å². The lowest BCUT2D eigenvalue weighted by Gasteiger charge is -2.36. The molecular formula is C16H24N4O4. The fourth-order valence-corrected chi connectivity index (χ4v) is 3.18. The minimum absolute atomic E-state index is 0.114. The molecule has 3 heterocycles. The summed E-state index contributed by atoms with van der Waals surface area (Å²) in [5.74, 6) is 0.744. The van der Waals surface area contributed by atoms with Crippen LogP contribution in [0.15, 0.2) is 10.6 Å². The lowest BCUT2D eigenvalue weighted by atomic mass is 9.96. The summed E-state index contributed by atoms with van der Waals surface area (Å²) >= 11 is 0. The fourth-order valence-electron chi connectivity index (χ4n) is 3.18. The lowest BCUT2D eigenvalue weighted by molar-refractivity contribution is -0.141. The Kier molecular flexibility index (Phi) is 5.34. The molecule has 3 amide bonds. The number of aryl methyl sites for hydroxylation is 1. The SMILES string of the molecule is Cc1cc(CNC(=O)N2CCC[C@H](C(=O)N3CCOCC3)C2)no1. The maximum atomic E-state index is 12.6. The van der Waals surface area contributed by atoms with Crippen molar-refractivity contribution in [3.63, 3.8) is 0 Å². The van der Waals surface area contributed by atoms with Gasteiger partial charge in [0.2, 0.25) is 5.91 Å². The average molecular weight is 336 g/mol. The Hall–Kier alpha value is -2.09. The fraction of sp³-hybridized carbons (Fsp3) is 0.688. The van der Waals surface area contributed by atoms with Crippen LogP contribution in [0.1, 0.15) is 24.3 Å². The number of hydrogen-bond acceptors (Lipinski definition) is 5. The second-order valence-corrected chi connectivity index (χ2v) is 6.31. The third-order valence-electron chi connectivity index (χ3n) is 4.48. The Morgan fingerprint density at radius 2 is 2.08 bits per heavy atom. The van der Waals surface area contributed by atoms with Crippen LogP contribution < -0.4 is 5.32 Å². The van der Waals surface area contributed by atoms with Crippen LogP contribution in [0, 0.1) is 12.8 Å². The molecule has 0 unspecified atom stereocenters. The topological polar surface area (TPSA) is 87.9 Å². The number of piperidine rings is 1. The molecular weight excluding hydrogens is 312 g/mol. The van der Waals surface area contributed by atoms with Crippen molar-refractivity contribution in [3.05, 3.63) is 17.5 Å². The number of morpholine rings is 1. The monoisotopic (exact) mass is 336 g/mol. The number of likely N-dealkylation sites (tertiary alicyclic amines) is 1. The zero-order valence-corrected chi connectivity index (χ0v) is 14.0. The normalized spacial score (nSPS) is 21.6. The zero-order chi connectivity index (χ0) is 16.9. The van der Waals surface area contributed by atoms with E-state index in [0.29, 0.717) is 57.4 Å². The Morgan fingerprint density at radius 3 is 2.79 bits per heavy atom. The summed E-state index contributed by atoms with van der Waals surface area (Å²) in [7, 11) is 0. The smallest absolute Gasteiger partial charge is 0.317 e. The number of hydrogen-bond donors (Lipinski definition) is 1. The van der Waals surface area contributed by atoms with Gasteiger partial charge in [0.1, 0.15) is 11.5 Å². The van der Waals surface area contributed by atoms with E-state index in [0.717, 1.165) is 12.8 Å². The van der Waals surface area contributed by atoms with Gasteiger partial charge in [-0.3, -0.25) is 4.79 Å². The molecule has 1 atom stereocenters. The van der Waals surface area contributed by atoms with E-state index in [1.165, 1.54) is 0 Å². The molecule has 8 heteroatoms. The molecule has 0 saturated carbocycles. The minimum atomic E-state index is -0.157. The van der Waals surface area contributed by atoms with Gasteiger partial charge >= 0.3 is 6.03 Å². The maximum absolute atomic E-state index is 12.6. The molecule has 2 aliphatic rings. The zero-order valence-electron chi connectivity index (χ0n) is 14.0. The van der Waals surface area contributed by atoms with Crippen molar-refractivity contribution >= 4 is 11.9 Å². The Bertz CT molecular complexity index is 582. The highest BCUT2D eigenvalue weighted by molar-refractivity contribution is 5.81. The van der Waals surface area contributed by atoms with E-state index in [4.69, 9.17) is 9.26 Å². The van der Waals surface area contributed by atoms with Crippen LogP contribution in [0.4, 0.5) is 4.79 Å². The lowest BCUT2D eigenvalue weighted by Crippen LogP contribution is -2.51. The number of nitrogens with one attached hydrogen (secondary N) is 1. The summed E-state index contributed by atoms with van der Waals surface area (Å²) in [5, 5.41) is 6.70. The van der Waals surface area contributed by atoms with Crippen LogP contribution >= 0.6 is 0 Å². The predicted octanol–water partition coefficient (Wildman–Crippen LogP) is 0.763. The highest BCUT2D eigenvalue weighted by Gasteiger charge is 2.31. The number of nitrogens with zero attached hydrogens (tertiary/aromatic N) is 3. The number of urea groups is 1. The van der Waals surface area contributed by atoms with Gasteiger partial charge in [-0.25, -0.2) is 4.79 Å². The van der Waals surface area contributed by atoms with Crippen molar-refractivity contribution in [2.75, 3.05) is 39.4 Å². The number of aromatic nitrogens is 1. The van der Waals surface area contributed by atoms with E-state index in [-0.39, 0.29) is 17.9 Å². The molecule has 1 aromatic heterocycles. The number of carbonyl (C=O) groups excluding carboxylic acids is 2. The first-order valence-corrected chi connectivity index (χ1v) is 8.45. The highest BCUT2D eigenvalue weighted by atomic mass is 16.5. The third-order valence-corrected chi connectivity index (χ3v) is 4.48. The molecule has 132 valence electrons. The van der Waals surface area contributed by atoms with Crippen LogP contribution in [0.3, 0.4) is 0 Å². The van der Waals surface area contributed by atoms with Crippen LogP contribution in [-0.2, 0) is 16.1 Å². The van der Waals surface area contributed by atoms with E-state index < -0.39 is 0 Å². The first-order chi connectivity index (χ1) is 11.6. The van der Waals surface area contributed by atoms with Gasteiger partial charge in [0.25, 0.3) is 0 Å². The van der Waals surface area contributed by atoms with E-state index in [9.17, 15) is 9.59 Å². The average Bonchev–Trinajstić information content (AvgIpc) is 3.05. The number of rotatable bonds is 3. The molecule has 0 spiro atoms. The van der Waals surface area contributed by atoms with Crippen molar-refractivity contribution < 1.29 is 18.8 Å². The van der Waals surface area contributed by atoms with E-state index in [2.05, 4.69) is 10.5 Å². The number of amides is 3. The molecule has 2 aliphatic heterocycles. The van der Waals surface area contributed by atoms with Gasteiger partial charge in [-0.05, 0) is 19.8 Å². The largest absolute Gasteiger partial charge is 0.378 e. The molecule has 3 rings (SSSR count). The highest BCUT2D eigenvalue weighted by Crippen LogP contribution is 2.19. The molecule has 0 bridgehead atoms. The summed E-state index contributed by atoms with van der Waals surface area (Å²) < 4.78 is 10.3. The molecule has 1 aromatic rings. The van der Waals surface area contributed by atoms with Gasteiger partial charge < -0.3 is 24.4 Å². The van der Waals surface area contributed by atoms with Crippen LogP contribution in [-0.4, -0.2) is 66.3 Å². The molecule has 24 heavy (non-hydrogen) atoms. The second-order valence-electron chi connectivity index (χ2n) is 6.31. The molecule has 0 radical (unpaired) electrons. The Morgan fingerprint density at radius 1 is 1.29 bits per heavy atom. The first-order valence-electron chi connectivity index (χ1n) is 8.45. The Labute approximate surface area is 141 Å². The molecule has 0 aromatic carbocycles. The standard InChI is InChI=1S/C16H24N4O4/c1-12-9-14(18-24-12)10-17-16(22)20-4-2-3-13(11-20)15(21)19-5-7-23-8-6-19/h9,13H,2-8,10-11H2,1H3,(H,17,22)/t13-/m0/s1. The Balaban J connectivity index is 1.50. The van der Waals surface area contributed by atoms with Gasteiger partial charge in [0.15, 0.2) is 0 Å². The van der Waals surface area contributed by atoms with Crippen LogP contribution in [0.25, 0.3) is 0 Å². The second kappa shape index (κ2) is 7.65. The van der Waals surface area contributed by atoms with Crippen molar-refractivity contribution in [1.82, 2.24) is 20.3 Å². The van der Waals surface area contributed by atoms with Gasteiger partial charge in [-0.1, -0.05) is 5.16 Å². The quantitative estimate of drug-likeness (QED) is 0.880. The minimum Gasteiger partial charge on any atom is -0.378 e. The molecule has 0 aliphatic carbocycles. The van der Waals surface area contributed by atoms with Gasteiger partial charge in [-0.2, -0.15) is 0 Å². The summed E-state index contributed by atoms with van der Waals surface area (Å²) in [6.07, 6.45) is 1.68. The van der Waals surface area contributed by atoms with Gasteiger partial charge in [0, 0.05) is 32.2 Å². The van der Waals surface area contributed by atoms with Crippen molar-refractivity contribution in [1.29, 1.82) is 0 Å². The van der Waals surface area contributed by atoms with Crippen molar-refractivity contribution in [3.8, 4) is 0 Å². The van der Waals surface area contributed by atoms with Gasteiger partial charge in [-0.15, -0.1) is 0 Å². The van der Waals surface area contributed by atoms with E-state index in [1.807, 2.05) is 11.8 Å². The summed E-state index contributed by atoms with van der Waals surface area (Å²) in [6, 6.07) is 1.64. The van der Waals surface area contributed by atoms with Crippen LogP contribution in [0.2, 0.25) is 0 Å². The number of carbonyl (C=O) groups is 2. The molecule has 8 nitrogen and oxygen atoms in total. The predicted molar refractivity (Wildman–Crippen MR) is 85.2 cm³/mol. The summed E-state index contributed by atoms with van der Waals surface area (Å²) in [5.41, 5.74) is 0.693. The first kappa shape index (κ1) is 16.8. The molecule has 2 fully saturated rings. The maximum Gasteiger partial charge on any atom is 0.317 e. The summed E-state index contributed by atoms with van der Waals surface area (Å²) in [6.45, 7) is 5.77. The van der Waals surface area contributed by atoms with Gasteiger partial charge in [0.05, 0.1) is 25.7 Å². The molecule has 1 N–H and O–H groups in total. The molecule has 2 saturated heterocycles. The van der Waals surface area contributed by atoms with E-state index >= 15 is 0 Å². The van der Waals surface area contributed by atoms with E-state index in [1.54, 1.807) is 11.0 Å².